The molecule has 1 N–H and O–H groups in total. The molecule has 0 saturated carbocycles. The standard InChI is InChI=1S/C16H21N3O3/c1-12-2-4-13(5-3-12)17-16(21)19-9-7-18(8-10-19)15(20)14-6-11-22-14/h2-5,14H,6-11H2,1H3,(H,17,21)/t14-/m0/s1. The van der Waals surface area contributed by atoms with Crippen molar-refractivity contribution >= 4 is 17.6 Å². The molecular formula is C16H21N3O3. The Hall–Kier alpha value is -2.08. The first-order valence-corrected chi connectivity index (χ1v) is 7.66. The molecule has 22 heavy (non-hydrogen) atoms. The predicted molar refractivity (Wildman–Crippen MR) is 82.7 cm³/mol. The van der Waals surface area contributed by atoms with Gasteiger partial charge in [0.1, 0.15) is 6.10 Å². The molecule has 2 saturated heterocycles. The molecule has 118 valence electrons. The second-order valence-corrected chi connectivity index (χ2v) is 5.76. The summed E-state index contributed by atoms with van der Waals surface area (Å²) in [4.78, 5) is 27.8. The molecule has 2 heterocycles. The zero-order chi connectivity index (χ0) is 15.5. The number of benzene rings is 1. The Morgan fingerprint density at radius 1 is 1.09 bits per heavy atom. The molecule has 0 radical (unpaired) electrons. The fourth-order valence-electron chi connectivity index (χ4n) is 2.60. The zero-order valence-corrected chi connectivity index (χ0v) is 12.7. The minimum atomic E-state index is -0.257. The van der Waals surface area contributed by atoms with E-state index < -0.39 is 0 Å². The van der Waals surface area contributed by atoms with Crippen LogP contribution in [0.2, 0.25) is 0 Å². The Kier molecular flexibility index (Phi) is 4.29. The molecule has 2 fully saturated rings. The van der Waals surface area contributed by atoms with Crippen molar-refractivity contribution in [3.63, 3.8) is 0 Å². The average molecular weight is 303 g/mol. The lowest BCUT2D eigenvalue weighted by Crippen LogP contribution is -2.55. The SMILES string of the molecule is Cc1ccc(NC(=O)N2CCN(C(=O)[C@@H]3CCO3)CC2)cc1. The van der Waals surface area contributed by atoms with Crippen LogP contribution in [-0.2, 0) is 9.53 Å². The summed E-state index contributed by atoms with van der Waals surface area (Å²) >= 11 is 0. The molecule has 6 heteroatoms. The second kappa shape index (κ2) is 6.36. The fourth-order valence-corrected chi connectivity index (χ4v) is 2.60. The first kappa shape index (κ1) is 14.8. The van der Waals surface area contributed by atoms with Crippen LogP contribution in [0.4, 0.5) is 10.5 Å². The van der Waals surface area contributed by atoms with Crippen LogP contribution in [0, 0.1) is 6.92 Å². The number of hydrogen-bond acceptors (Lipinski definition) is 3. The van der Waals surface area contributed by atoms with Gasteiger partial charge >= 0.3 is 6.03 Å². The van der Waals surface area contributed by atoms with Crippen LogP contribution >= 0.6 is 0 Å². The van der Waals surface area contributed by atoms with Gasteiger partial charge in [-0.25, -0.2) is 4.79 Å². The lowest BCUT2D eigenvalue weighted by molar-refractivity contribution is -0.157. The molecule has 0 aromatic heterocycles. The van der Waals surface area contributed by atoms with Gasteiger partial charge in [-0.2, -0.15) is 0 Å². The number of aryl methyl sites for hydroxylation is 1. The van der Waals surface area contributed by atoms with Crippen LogP contribution in [0.3, 0.4) is 0 Å². The van der Waals surface area contributed by atoms with E-state index in [2.05, 4.69) is 5.32 Å². The molecule has 1 aromatic carbocycles. The van der Waals surface area contributed by atoms with Gasteiger partial charge in [0, 0.05) is 38.3 Å². The van der Waals surface area contributed by atoms with Crippen molar-refractivity contribution in [1.82, 2.24) is 9.80 Å². The van der Waals surface area contributed by atoms with Gasteiger partial charge in [-0.1, -0.05) is 17.7 Å². The Balaban J connectivity index is 1.49. The van der Waals surface area contributed by atoms with Crippen LogP contribution in [0.25, 0.3) is 0 Å². The minimum Gasteiger partial charge on any atom is -0.368 e. The van der Waals surface area contributed by atoms with Gasteiger partial charge in [0.05, 0.1) is 6.61 Å². The summed E-state index contributed by atoms with van der Waals surface area (Å²) in [6, 6.07) is 7.59. The third-order valence-corrected chi connectivity index (χ3v) is 4.16. The van der Waals surface area contributed by atoms with Crippen LogP contribution in [-0.4, -0.2) is 60.6 Å². The van der Waals surface area contributed by atoms with Crippen LogP contribution in [0.15, 0.2) is 24.3 Å². The van der Waals surface area contributed by atoms with Gasteiger partial charge in [0.15, 0.2) is 0 Å². The summed E-state index contributed by atoms with van der Waals surface area (Å²) in [5.74, 6) is 0.0600. The molecule has 2 aliphatic heterocycles. The van der Waals surface area contributed by atoms with Gasteiger partial charge in [0.2, 0.25) is 0 Å². The number of amides is 3. The Bertz CT molecular complexity index is 546. The maximum absolute atomic E-state index is 12.2. The monoisotopic (exact) mass is 303 g/mol. The third-order valence-electron chi connectivity index (χ3n) is 4.16. The van der Waals surface area contributed by atoms with Crippen LogP contribution < -0.4 is 5.32 Å². The first-order valence-electron chi connectivity index (χ1n) is 7.66. The smallest absolute Gasteiger partial charge is 0.321 e. The number of ether oxygens (including phenoxy) is 1. The van der Waals surface area contributed by atoms with E-state index in [1.54, 1.807) is 9.80 Å². The highest BCUT2D eigenvalue weighted by Gasteiger charge is 2.32. The lowest BCUT2D eigenvalue weighted by atomic mass is 10.1. The van der Waals surface area contributed by atoms with Crippen LogP contribution in [0.5, 0.6) is 0 Å². The molecule has 1 aromatic rings. The number of hydrogen-bond donors (Lipinski definition) is 1. The summed E-state index contributed by atoms with van der Waals surface area (Å²) in [5.41, 5.74) is 1.94. The highest BCUT2D eigenvalue weighted by atomic mass is 16.5. The number of anilines is 1. The lowest BCUT2D eigenvalue weighted by Gasteiger charge is -2.38. The molecule has 0 spiro atoms. The maximum atomic E-state index is 12.2. The summed E-state index contributed by atoms with van der Waals surface area (Å²) in [7, 11) is 0. The predicted octanol–water partition coefficient (Wildman–Crippen LogP) is 1.46. The molecule has 6 nitrogen and oxygen atoms in total. The van der Waals surface area contributed by atoms with Crippen molar-refractivity contribution < 1.29 is 14.3 Å². The Morgan fingerprint density at radius 3 is 2.23 bits per heavy atom. The summed E-state index contributed by atoms with van der Waals surface area (Å²) in [6.07, 6.45) is 0.556. The highest BCUT2D eigenvalue weighted by Crippen LogP contribution is 2.16. The highest BCUT2D eigenvalue weighted by molar-refractivity contribution is 5.89. The van der Waals surface area contributed by atoms with Gasteiger partial charge in [-0.05, 0) is 19.1 Å². The number of carbonyl (C=O) groups excluding carboxylic acids is 2. The van der Waals surface area contributed by atoms with Gasteiger partial charge in [0.25, 0.3) is 5.91 Å². The zero-order valence-electron chi connectivity index (χ0n) is 12.7. The quantitative estimate of drug-likeness (QED) is 0.900. The normalized spacial score (nSPS) is 21.2. The number of nitrogens with one attached hydrogen (secondary N) is 1. The van der Waals surface area contributed by atoms with E-state index in [1.807, 2.05) is 31.2 Å². The van der Waals surface area contributed by atoms with Crippen molar-refractivity contribution in [3.8, 4) is 0 Å². The summed E-state index contributed by atoms with van der Waals surface area (Å²) in [6.45, 7) is 4.93. The summed E-state index contributed by atoms with van der Waals surface area (Å²) in [5, 5.41) is 2.89. The molecule has 0 bridgehead atoms. The van der Waals surface area contributed by atoms with E-state index >= 15 is 0 Å². The van der Waals surface area contributed by atoms with Crippen molar-refractivity contribution in [3.05, 3.63) is 29.8 Å². The van der Waals surface area contributed by atoms with E-state index in [1.165, 1.54) is 0 Å². The Morgan fingerprint density at radius 2 is 1.68 bits per heavy atom. The Labute approximate surface area is 130 Å². The third kappa shape index (κ3) is 3.22. The number of carbonyl (C=O) groups is 2. The average Bonchev–Trinajstić information content (AvgIpc) is 2.48. The molecule has 0 aliphatic carbocycles. The molecule has 3 amide bonds. The van der Waals surface area contributed by atoms with E-state index in [9.17, 15) is 9.59 Å². The van der Waals surface area contributed by atoms with Crippen molar-refractivity contribution in [2.24, 2.45) is 0 Å². The molecule has 0 unspecified atom stereocenters. The minimum absolute atomic E-state index is 0.0600. The van der Waals surface area contributed by atoms with Gasteiger partial charge in [-0.3, -0.25) is 4.79 Å². The van der Waals surface area contributed by atoms with Crippen LogP contribution in [0.1, 0.15) is 12.0 Å². The van der Waals surface area contributed by atoms with E-state index in [4.69, 9.17) is 4.74 Å². The van der Waals surface area contributed by atoms with Gasteiger partial charge < -0.3 is 19.9 Å². The van der Waals surface area contributed by atoms with Crippen molar-refractivity contribution in [1.29, 1.82) is 0 Å². The largest absolute Gasteiger partial charge is 0.368 e. The number of urea groups is 1. The molecule has 2 aliphatic rings. The summed E-state index contributed by atoms with van der Waals surface area (Å²) < 4.78 is 5.22. The van der Waals surface area contributed by atoms with Crippen molar-refractivity contribution in [2.45, 2.75) is 19.4 Å². The van der Waals surface area contributed by atoms with Crippen molar-refractivity contribution in [2.75, 3.05) is 38.1 Å². The topological polar surface area (TPSA) is 61.9 Å². The number of rotatable bonds is 2. The molecule has 3 rings (SSSR count). The molecular weight excluding hydrogens is 282 g/mol. The molecule has 1 atom stereocenters. The first-order chi connectivity index (χ1) is 10.6. The van der Waals surface area contributed by atoms with E-state index in [0.29, 0.717) is 32.8 Å². The maximum Gasteiger partial charge on any atom is 0.321 e. The number of piperazine rings is 1. The fraction of sp³-hybridized carbons (Fsp3) is 0.500. The van der Waals surface area contributed by atoms with E-state index in [-0.39, 0.29) is 18.0 Å². The van der Waals surface area contributed by atoms with E-state index in [0.717, 1.165) is 17.7 Å². The number of nitrogens with zero attached hydrogens (tertiary/aromatic N) is 2. The second-order valence-electron chi connectivity index (χ2n) is 5.76. The van der Waals surface area contributed by atoms with Gasteiger partial charge in [-0.15, -0.1) is 0 Å².